The smallest absolute Gasteiger partial charge is 0.281 e. The molecule has 0 N–H and O–H groups in total. The number of carbonyl (C=O) groups excluding carboxylic acids is 1. The van der Waals surface area contributed by atoms with E-state index in [1.54, 1.807) is 0 Å². The molecule has 0 saturated heterocycles. The predicted octanol–water partition coefficient (Wildman–Crippen LogP) is 1.90. The Hall–Kier alpha value is -0.277. The molecule has 5 heteroatoms. The molecule has 13 heavy (non-hydrogen) atoms. The van der Waals surface area contributed by atoms with Crippen molar-refractivity contribution in [2.45, 2.75) is 26.4 Å². The summed E-state index contributed by atoms with van der Waals surface area (Å²) in [4.78, 5) is 15.4. The van der Waals surface area contributed by atoms with Crippen molar-refractivity contribution in [1.29, 1.82) is 0 Å². The minimum Gasteiger partial charge on any atom is -0.466 e. The summed E-state index contributed by atoms with van der Waals surface area (Å²) in [6.45, 7) is 5.49. The van der Waals surface area contributed by atoms with E-state index in [9.17, 15) is 4.79 Å². The van der Waals surface area contributed by atoms with Crippen LogP contribution in [0.4, 0.5) is 0 Å². The molecule has 0 aliphatic heterocycles. The van der Waals surface area contributed by atoms with E-state index in [1.165, 1.54) is 6.20 Å². The first kappa shape index (κ1) is 12.7. The number of ether oxygens (including phenoxy) is 1. The molecule has 1 aromatic heterocycles. The van der Waals surface area contributed by atoms with E-state index >= 15 is 0 Å². The van der Waals surface area contributed by atoms with Crippen LogP contribution in [-0.4, -0.2) is 16.6 Å². The largest absolute Gasteiger partial charge is 0.466 e. The molecule has 0 unspecified atom stereocenters. The fraction of sp³-hybridized carbons (Fsp3) is 0.500. The van der Waals surface area contributed by atoms with Crippen LogP contribution >= 0.6 is 11.3 Å². The standard InChI is InChI=1S/C8H10NO2S.Zn/c1-8(2,3)11-7(10)6-4-9-5-12-6;/h4H,1-3H3;/q-1;. The first-order chi connectivity index (χ1) is 5.49. The summed E-state index contributed by atoms with van der Waals surface area (Å²) in [5.74, 6) is -0.332. The van der Waals surface area contributed by atoms with E-state index in [-0.39, 0.29) is 25.4 Å². The molecular formula is C8H10NO2SZn-. The Bertz CT molecular complexity index is 266. The van der Waals surface area contributed by atoms with Crippen LogP contribution < -0.4 is 0 Å². The van der Waals surface area contributed by atoms with Gasteiger partial charge in [-0.1, -0.05) is 0 Å². The van der Waals surface area contributed by atoms with Gasteiger partial charge >= 0.3 is 0 Å². The van der Waals surface area contributed by atoms with Crippen molar-refractivity contribution < 1.29 is 29.0 Å². The monoisotopic (exact) mass is 248 g/mol. The molecule has 0 aliphatic carbocycles. The van der Waals surface area contributed by atoms with Crippen molar-refractivity contribution in [3.8, 4) is 0 Å². The maximum Gasteiger partial charge on any atom is 0.281 e. The number of carbonyl (C=O) groups is 1. The molecule has 1 rings (SSSR count). The summed E-state index contributed by atoms with van der Waals surface area (Å²) in [5.41, 5.74) is 2.14. The first-order valence-corrected chi connectivity index (χ1v) is 4.36. The Balaban J connectivity index is 0.00000144. The van der Waals surface area contributed by atoms with Crippen LogP contribution in [0.2, 0.25) is 0 Å². The summed E-state index contributed by atoms with van der Waals surface area (Å²) in [7, 11) is 0. The van der Waals surface area contributed by atoms with Gasteiger partial charge in [-0.25, -0.2) is 0 Å². The summed E-state index contributed by atoms with van der Waals surface area (Å²) in [5, 5.41) is 0. The molecule has 0 fully saturated rings. The number of hydrogen-bond acceptors (Lipinski definition) is 4. The SMILES string of the molecule is CC(C)(C)OC(=O)c1cn[c-]s1.[Zn]. The van der Waals surface area contributed by atoms with Crippen LogP contribution in [0.3, 0.4) is 0 Å². The number of nitrogens with zero attached hydrogens (tertiary/aromatic N) is 1. The van der Waals surface area contributed by atoms with Gasteiger partial charge in [-0.2, -0.15) is 0 Å². The first-order valence-electron chi connectivity index (χ1n) is 3.54. The Kier molecular flexibility index (Phi) is 4.72. The van der Waals surface area contributed by atoms with Gasteiger partial charge in [-0.3, -0.25) is 16.1 Å². The van der Waals surface area contributed by atoms with Gasteiger partial charge in [-0.05, 0) is 31.2 Å². The molecule has 0 radical (unpaired) electrons. The van der Waals surface area contributed by atoms with Gasteiger partial charge in [0.2, 0.25) is 0 Å². The molecule has 3 nitrogen and oxygen atoms in total. The molecule has 0 saturated carbocycles. The Morgan fingerprint density at radius 2 is 2.23 bits per heavy atom. The average Bonchev–Trinajstić information content (AvgIpc) is 2.32. The third-order valence-corrected chi connectivity index (χ3v) is 1.68. The Morgan fingerprint density at radius 1 is 1.62 bits per heavy atom. The summed E-state index contributed by atoms with van der Waals surface area (Å²) in [6, 6.07) is 0. The van der Waals surface area contributed by atoms with E-state index in [0.717, 1.165) is 11.3 Å². The topological polar surface area (TPSA) is 39.2 Å². The quantitative estimate of drug-likeness (QED) is 0.434. The molecule has 68 valence electrons. The minimum atomic E-state index is -0.443. The normalized spacial score (nSPS) is 10.4. The van der Waals surface area contributed by atoms with Gasteiger partial charge in [0.05, 0.1) is 0 Å². The zero-order valence-corrected chi connectivity index (χ0v) is 11.7. The molecule has 0 aromatic carbocycles. The number of esters is 1. The van der Waals surface area contributed by atoms with E-state index in [1.807, 2.05) is 20.8 Å². The Labute approximate surface area is 94.3 Å². The van der Waals surface area contributed by atoms with Gasteiger partial charge in [0.1, 0.15) is 5.60 Å². The van der Waals surface area contributed by atoms with Crippen molar-refractivity contribution in [2.24, 2.45) is 0 Å². The number of hydrogen-bond donors (Lipinski definition) is 0. The van der Waals surface area contributed by atoms with Crippen molar-refractivity contribution in [3.05, 3.63) is 16.6 Å². The van der Waals surface area contributed by atoms with Gasteiger partial charge in [-0.15, -0.1) is 6.20 Å². The summed E-state index contributed by atoms with van der Waals surface area (Å²) in [6.07, 6.45) is 1.46. The zero-order chi connectivity index (χ0) is 9.19. The molecule has 0 atom stereocenters. The minimum absolute atomic E-state index is 0. The van der Waals surface area contributed by atoms with Crippen molar-refractivity contribution in [2.75, 3.05) is 0 Å². The van der Waals surface area contributed by atoms with E-state index in [0.29, 0.717) is 4.88 Å². The third-order valence-electron chi connectivity index (χ3n) is 0.990. The Morgan fingerprint density at radius 3 is 2.62 bits per heavy atom. The van der Waals surface area contributed by atoms with Crippen LogP contribution in [0, 0.1) is 5.51 Å². The summed E-state index contributed by atoms with van der Waals surface area (Å²) >= 11 is 1.16. The van der Waals surface area contributed by atoms with Crippen LogP contribution in [0.5, 0.6) is 0 Å². The third kappa shape index (κ3) is 4.48. The van der Waals surface area contributed by atoms with Gasteiger partial charge in [0, 0.05) is 19.5 Å². The van der Waals surface area contributed by atoms with Crippen molar-refractivity contribution in [3.63, 3.8) is 0 Å². The van der Waals surface area contributed by atoms with Crippen LogP contribution in [0.15, 0.2) is 6.20 Å². The maximum absolute atomic E-state index is 11.2. The number of thiazole rings is 1. The maximum atomic E-state index is 11.2. The molecule has 0 spiro atoms. The van der Waals surface area contributed by atoms with Crippen molar-refractivity contribution in [1.82, 2.24) is 4.98 Å². The van der Waals surface area contributed by atoms with E-state index in [2.05, 4.69) is 10.5 Å². The fourth-order valence-corrected chi connectivity index (χ4v) is 1.04. The van der Waals surface area contributed by atoms with Crippen LogP contribution in [0.1, 0.15) is 30.4 Å². The van der Waals surface area contributed by atoms with E-state index in [4.69, 9.17) is 4.74 Å². The van der Waals surface area contributed by atoms with Gasteiger partial charge in [0.25, 0.3) is 5.97 Å². The van der Waals surface area contributed by atoms with Gasteiger partial charge in [0.15, 0.2) is 0 Å². The number of aromatic nitrogens is 1. The van der Waals surface area contributed by atoms with Gasteiger partial charge < -0.3 is 9.72 Å². The zero-order valence-electron chi connectivity index (χ0n) is 7.96. The van der Waals surface area contributed by atoms with E-state index < -0.39 is 5.60 Å². The molecule has 0 bridgehead atoms. The molecular weight excluding hydrogens is 240 g/mol. The second-order valence-electron chi connectivity index (χ2n) is 3.32. The average molecular weight is 250 g/mol. The van der Waals surface area contributed by atoms with Crippen LogP contribution in [-0.2, 0) is 24.2 Å². The second-order valence-corrected chi connectivity index (χ2v) is 4.14. The van der Waals surface area contributed by atoms with Crippen LogP contribution in [0.25, 0.3) is 0 Å². The van der Waals surface area contributed by atoms with Crippen molar-refractivity contribution >= 4 is 17.3 Å². The molecule has 1 heterocycles. The molecule has 0 aliphatic rings. The molecule has 0 amide bonds. The molecule has 1 aromatic rings. The predicted molar refractivity (Wildman–Crippen MR) is 46.1 cm³/mol. The second kappa shape index (κ2) is 4.82. The summed E-state index contributed by atoms with van der Waals surface area (Å²) < 4.78 is 5.09. The number of rotatable bonds is 1. The fourth-order valence-electron chi connectivity index (χ4n) is 0.610.